The van der Waals surface area contributed by atoms with Crippen LogP contribution < -0.4 is 10.9 Å². The minimum Gasteiger partial charge on any atom is -0.479 e. The van der Waals surface area contributed by atoms with Gasteiger partial charge in [0.05, 0.1) is 6.61 Å². The molecule has 1 aromatic rings. The molecule has 0 bridgehead atoms. The second-order valence-electron chi connectivity index (χ2n) is 4.09. The molecule has 0 aromatic carbocycles. The van der Waals surface area contributed by atoms with E-state index in [-0.39, 0.29) is 25.2 Å². The van der Waals surface area contributed by atoms with Gasteiger partial charge in [-0.1, -0.05) is 0 Å². The summed E-state index contributed by atoms with van der Waals surface area (Å²) in [6, 6.07) is 2.52. The number of ether oxygens (including phenoxy) is 1. The first-order valence-corrected chi connectivity index (χ1v) is 5.36. The third kappa shape index (κ3) is 2.25. The highest BCUT2D eigenvalue weighted by Gasteiger charge is 2.44. The van der Waals surface area contributed by atoms with Crippen LogP contribution in [0.2, 0.25) is 0 Å². The number of carbonyl (C=O) groups is 2. The maximum atomic E-state index is 11.9. The predicted molar refractivity (Wildman–Crippen MR) is 60.3 cm³/mol. The summed E-state index contributed by atoms with van der Waals surface area (Å²) in [7, 11) is 0. The number of rotatable bonds is 3. The van der Waals surface area contributed by atoms with Crippen LogP contribution in [-0.4, -0.2) is 40.7 Å². The van der Waals surface area contributed by atoms with Crippen LogP contribution in [0.1, 0.15) is 16.8 Å². The average Bonchev–Trinajstić information content (AvgIpc) is 2.79. The Kier molecular flexibility index (Phi) is 3.15. The predicted octanol–water partition coefficient (Wildman–Crippen LogP) is -0.652. The fraction of sp³-hybridized carbons (Fsp3) is 0.364. The normalized spacial score (nSPS) is 22.7. The van der Waals surface area contributed by atoms with Crippen molar-refractivity contribution in [1.82, 2.24) is 10.3 Å². The third-order valence-electron chi connectivity index (χ3n) is 2.82. The summed E-state index contributed by atoms with van der Waals surface area (Å²) < 4.78 is 5.02. The van der Waals surface area contributed by atoms with Crippen molar-refractivity contribution in [2.45, 2.75) is 12.0 Å². The molecule has 2 heterocycles. The van der Waals surface area contributed by atoms with Crippen LogP contribution in [0.4, 0.5) is 0 Å². The summed E-state index contributed by atoms with van der Waals surface area (Å²) >= 11 is 0. The molecule has 96 valence electrons. The van der Waals surface area contributed by atoms with Gasteiger partial charge in [-0.2, -0.15) is 0 Å². The Hall–Kier alpha value is -2.15. The SMILES string of the molecule is O=C(NC1(C(=O)O)CCOC1)c1cc[nH]c(=O)c1. The highest BCUT2D eigenvalue weighted by molar-refractivity contribution is 5.97. The Balaban J connectivity index is 2.20. The van der Waals surface area contributed by atoms with E-state index < -0.39 is 23.0 Å². The van der Waals surface area contributed by atoms with Crippen molar-refractivity contribution >= 4 is 11.9 Å². The van der Waals surface area contributed by atoms with Gasteiger partial charge in [0.25, 0.3) is 5.91 Å². The first-order chi connectivity index (χ1) is 8.53. The van der Waals surface area contributed by atoms with E-state index in [1.807, 2.05) is 0 Å². The van der Waals surface area contributed by atoms with E-state index in [1.165, 1.54) is 12.3 Å². The molecule has 1 fully saturated rings. The van der Waals surface area contributed by atoms with E-state index in [0.29, 0.717) is 0 Å². The molecular weight excluding hydrogens is 240 g/mol. The monoisotopic (exact) mass is 252 g/mol. The lowest BCUT2D eigenvalue weighted by Crippen LogP contribution is -2.55. The minimum atomic E-state index is -1.40. The van der Waals surface area contributed by atoms with Crippen LogP contribution in [0.15, 0.2) is 23.1 Å². The summed E-state index contributed by atoms with van der Waals surface area (Å²) in [6.45, 7) is 0.208. The largest absolute Gasteiger partial charge is 0.479 e. The molecule has 1 atom stereocenters. The number of hydrogen-bond donors (Lipinski definition) is 3. The van der Waals surface area contributed by atoms with Gasteiger partial charge in [-0.15, -0.1) is 0 Å². The van der Waals surface area contributed by atoms with Crippen molar-refractivity contribution in [3.05, 3.63) is 34.2 Å². The Labute approximate surface area is 102 Å². The Morgan fingerprint density at radius 1 is 1.50 bits per heavy atom. The summed E-state index contributed by atoms with van der Waals surface area (Å²) in [5.74, 6) is -1.74. The van der Waals surface area contributed by atoms with Gasteiger partial charge in [-0.3, -0.25) is 9.59 Å². The summed E-state index contributed by atoms with van der Waals surface area (Å²) in [4.78, 5) is 36.5. The third-order valence-corrected chi connectivity index (χ3v) is 2.82. The highest BCUT2D eigenvalue weighted by atomic mass is 16.5. The number of carboxylic acids is 1. The van der Waals surface area contributed by atoms with Crippen LogP contribution >= 0.6 is 0 Å². The van der Waals surface area contributed by atoms with Gasteiger partial charge in [-0.25, -0.2) is 4.79 Å². The quantitative estimate of drug-likeness (QED) is 0.662. The molecule has 0 radical (unpaired) electrons. The van der Waals surface area contributed by atoms with Crippen molar-refractivity contribution in [1.29, 1.82) is 0 Å². The lowest BCUT2D eigenvalue weighted by Gasteiger charge is -2.23. The van der Waals surface area contributed by atoms with Crippen molar-refractivity contribution in [2.75, 3.05) is 13.2 Å². The molecule has 3 N–H and O–H groups in total. The molecule has 1 aliphatic rings. The van der Waals surface area contributed by atoms with Gasteiger partial charge in [0.1, 0.15) is 0 Å². The summed E-state index contributed by atoms with van der Waals surface area (Å²) in [5.41, 5.74) is -1.71. The van der Waals surface area contributed by atoms with E-state index >= 15 is 0 Å². The second kappa shape index (κ2) is 4.61. The van der Waals surface area contributed by atoms with Crippen LogP contribution in [0.5, 0.6) is 0 Å². The molecular formula is C11H12N2O5. The second-order valence-corrected chi connectivity index (χ2v) is 4.09. The van der Waals surface area contributed by atoms with Gasteiger partial charge in [0, 0.05) is 30.9 Å². The van der Waals surface area contributed by atoms with Gasteiger partial charge in [-0.05, 0) is 6.07 Å². The summed E-state index contributed by atoms with van der Waals surface area (Å²) in [5, 5.41) is 11.6. The molecule has 1 amide bonds. The molecule has 7 nitrogen and oxygen atoms in total. The maximum Gasteiger partial charge on any atom is 0.331 e. The molecule has 2 rings (SSSR count). The van der Waals surface area contributed by atoms with Gasteiger partial charge in [0.2, 0.25) is 5.56 Å². The number of aliphatic carboxylic acids is 1. The number of H-pyrrole nitrogens is 1. The van der Waals surface area contributed by atoms with E-state index in [9.17, 15) is 14.4 Å². The molecule has 0 saturated carbocycles. The van der Waals surface area contributed by atoms with E-state index in [2.05, 4.69) is 10.3 Å². The zero-order chi connectivity index (χ0) is 13.2. The van der Waals surface area contributed by atoms with Crippen molar-refractivity contribution in [2.24, 2.45) is 0 Å². The Bertz CT molecular complexity index is 530. The number of aromatic nitrogens is 1. The number of carbonyl (C=O) groups excluding carboxylic acids is 1. The lowest BCUT2D eigenvalue weighted by molar-refractivity contribution is -0.144. The van der Waals surface area contributed by atoms with Crippen LogP contribution in [0.3, 0.4) is 0 Å². The minimum absolute atomic E-state index is 0.0722. The standard InChI is InChI=1S/C11H12N2O5/c14-8-5-7(1-3-12-8)9(15)13-11(10(16)17)2-4-18-6-11/h1,3,5H,2,4,6H2,(H,12,14)(H,13,15)(H,16,17). The summed E-state index contributed by atoms with van der Waals surface area (Å²) in [6.07, 6.45) is 1.53. The number of nitrogens with one attached hydrogen (secondary N) is 2. The smallest absolute Gasteiger partial charge is 0.331 e. The first-order valence-electron chi connectivity index (χ1n) is 5.36. The average molecular weight is 252 g/mol. The number of carboxylic acid groups (broad SMARTS) is 1. The topological polar surface area (TPSA) is 108 Å². The fourth-order valence-corrected chi connectivity index (χ4v) is 1.76. The number of pyridine rings is 1. The molecule has 7 heteroatoms. The van der Waals surface area contributed by atoms with Gasteiger partial charge >= 0.3 is 5.97 Å². The maximum absolute atomic E-state index is 11.9. The molecule has 1 unspecified atom stereocenters. The Morgan fingerprint density at radius 2 is 2.28 bits per heavy atom. The molecule has 0 aliphatic carbocycles. The van der Waals surface area contributed by atoms with Gasteiger partial charge in [0.15, 0.2) is 5.54 Å². The first kappa shape index (κ1) is 12.3. The van der Waals surface area contributed by atoms with Gasteiger partial charge < -0.3 is 20.1 Å². The molecule has 1 aromatic heterocycles. The fourth-order valence-electron chi connectivity index (χ4n) is 1.76. The molecule has 1 aliphatic heterocycles. The number of hydrogen-bond acceptors (Lipinski definition) is 4. The Morgan fingerprint density at radius 3 is 2.83 bits per heavy atom. The molecule has 18 heavy (non-hydrogen) atoms. The van der Waals surface area contributed by atoms with Crippen LogP contribution in [0.25, 0.3) is 0 Å². The van der Waals surface area contributed by atoms with Crippen molar-refractivity contribution < 1.29 is 19.4 Å². The highest BCUT2D eigenvalue weighted by Crippen LogP contribution is 2.19. The van der Waals surface area contributed by atoms with E-state index in [4.69, 9.17) is 9.84 Å². The van der Waals surface area contributed by atoms with E-state index in [0.717, 1.165) is 6.07 Å². The zero-order valence-corrected chi connectivity index (χ0v) is 9.43. The number of amides is 1. The van der Waals surface area contributed by atoms with Crippen LogP contribution in [-0.2, 0) is 9.53 Å². The van der Waals surface area contributed by atoms with Crippen LogP contribution in [0, 0.1) is 0 Å². The lowest BCUT2D eigenvalue weighted by atomic mass is 9.98. The zero-order valence-electron chi connectivity index (χ0n) is 9.43. The van der Waals surface area contributed by atoms with Crippen molar-refractivity contribution in [3.63, 3.8) is 0 Å². The number of aromatic amines is 1. The molecule has 1 saturated heterocycles. The van der Waals surface area contributed by atoms with Crippen molar-refractivity contribution in [3.8, 4) is 0 Å². The molecule has 0 spiro atoms. The van der Waals surface area contributed by atoms with E-state index in [1.54, 1.807) is 0 Å².